The number of piperidine rings is 1. The van der Waals surface area contributed by atoms with Crippen LogP contribution in [0.2, 0.25) is 0 Å². The summed E-state index contributed by atoms with van der Waals surface area (Å²) in [5.41, 5.74) is 0.225. The maximum Gasteiger partial charge on any atom is 0.255 e. The number of likely N-dealkylation sites (tertiary alicyclic amines) is 1. The average molecular weight is 371 g/mol. The summed E-state index contributed by atoms with van der Waals surface area (Å²) in [4.78, 5) is 21.1. The average Bonchev–Trinajstić information content (AvgIpc) is 3.15. The van der Waals surface area contributed by atoms with Crippen molar-refractivity contribution in [2.75, 3.05) is 27.2 Å². The SMILES string of the molecule is CC(C)CCn1nnnc1C1(N(C)C)CCCN(C(=O)c2cccnc2)C1. The van der Waals surface area contributed by atoms with E-state index in [0.29, 0.717) is 18.0 Å². The highest BCUT2D eigenvalue weighted by atomic mass is 16.2. The highest BCUT2D eigenvalue weighted by Gasteiger charge is 2.44. The Morgan fingerprint density at radius 3 is 2.85 bits per heavy atom. The third-order valence-corrected chi connectivity index (χ3v) is 5.39. The molecule has 0 radical (unpaired) electrons. The molecule has 0 aromatic carbocycles. The molecule has 3 heterocycles. The Morgan fingerprint density at radius 2 is 2.19 bits per heavy atom. The molecule has 0 N–H and O–H groups in total. The third kappa shape index (κ3) is 4.00. The first-order valence-corrected chi connectivity index (χ1v) is 9.57. The predicted molar refractivity (Wildman–Crippen MR) is 102 cm³/mol. The fourth-order valence-electron chi connectivity index (χ4n) is 3.70. The molecule has 0 aliphatic carbocycles. The number of hydrogen-bond acceptors (Lipinski definition) is 6. The van der Waals surface area contributed by atoms with Crippen LogP contribution in [0.5, 0.6) is 0 Å². The first kappa shape index (κ1) is 19.4. The van der Waals surface area contributed by atoms with E-state index < -0.39 is 5.54 Å². The van der Waals surface area contributed by atoms with Crippen molar-refractivity contribution in [2.45, 2.75) is 45.2 Å². The molecule has 27 heavy (non-hydrogen) atoms. The standard InChI is InChI=1S/C19H29N7O/c1-15(2)8-12-26-18(21-22-23-26)19(24(3)4)9-6-11-25(14-19)17(27)16-7-5-10-20-13-16/h5,7,10,13,15H,6,8-9,11-12,14H2,1-4H3. The minimum atomic E-state index is -0.392. The van der Waals surface area contributed by atoms with Crippen molar-refractivity contribution in [1.82, 2.24) is 35.0 Å². The number of aryl methyl sites for hydroxylation is 1. The van der Waals surface area contributed by atoms with E-state index in [4.69, 9.17) is 0 Å². The van der Waals surface area contributed by atoms with E-state index in [1.54, 1.807) is 18.5 Å². The molecule has 1 fully saturated rings. The summed E-state index contributed by atoms with van der Waals surface area (Å²) < 4.78 is 1.91. The summed E-state index contributed by atoms with van der Waals surface area (Å²) in [5.74, 6) is 1.43. The third-order valence-electron chi connectivity index (χ3n) is 5.39. The van der Waals surface area contributed by atoms with E-state index in [2.05, 4.69) is 39.3 Å². The number of aromatic nitrogens is 5. The van der Waals surface area contributed by atoms with E-state index in [-0.39, 0.29) is 5.91 Å². The van der Waals surface area contributed by atoms with Crippen LogP contribution in [0.15, 0.2) is 24.5 Å². The first-order valence-electron chi connectivity index (χ1n) is 9.57. The van der Waals surface area contributed by atoms with Crippen molar-refractivity contribution in [1.29, 1.82) is 0 Å². The Bertz CT molecular complexity index is 758. The fourth-order valence-corrected chi connectivity index (χ4v) is 3.70. The van der Waals surface area contributed by atoms with Crippen molar-refractivity contribution < 1.29 is 4.79 Å². The molecule has 8 heteroatoms. The van der Waals surface area contributed by atoms with Crippen molar-refractivity contribution in [3.63, 3.8) is 0 Å². The molecule has 2 aromatic heterocycles. The maximum absolute atomic E-state index is 13.0. The quantitative estimate of drug-likeness (QED) is 0.770. The molecule has 8 nitrogen and oxygen atoms in total. The van der Waals surface area contributed by atoms with Crippen molar-refractivity contribution in [3.8, 4) is 0 Å². The van der Waals surface area contributed by atoms with E-state index >= 15 is 0 Å². The molecular weight excluding hydrogens is 342 g/mol. The van der Waals surface area contributed by atoms with E-state index in [0.717, 1.165) is 38.2 Å². The molecule has 146 valence electrons. The highest BCUT2D eigenvalue weighted by Crippen LogP contribution is 2.35. The lowest BCUT2D eigenvalue weighted by Gasteiger charge is -2.45. The zero-order valence-corrected chi connectivity index (χ0v) is 16.7. The lowest BCUT2D eigenvalue weighted by Crippen LogP contribution is -2.56. The number of rotatable bonds is 6. The van der Waals surface area contributed by atoms with Gasteiger partial charge in [-0.2, -0.15) is 0 Å². The van der Waals surface area contributed by atoms with E-state index in [9.17, 15) is 4.79 Å². The Balaban J connectivity index is 1.89. The van der Waals surface area contributed by atoms with Crippen LogP contribution in [0.25, 0.3) is 0 Å². The minimum absolute atomic E-state index is 0.00947. The van der Waals surface area contributed by atoms with E-state index in [1.165, 1.54) is 0 Å². The molecule has 0 spiro atoms. The molecule has 0 saturated carbocycles. The summed E-state index contributed by atoms with van der Waals surface area (Å²) in [7, 11) is 4.08. The summed E-state index contributed by atoms with van der Waals surface area (Å²) in [6, 6.07) is 3.61. The number of pyridine rings is 1. The van der Waals surface area contributed by atoms with Crippen LogP contribution in [-0.2, 0) is 12.1 Å². The van der Waals surface area contributed by atoms with Crippen LogP contribution in [-0.4, -0.2) is 68.1 Å². The Hall–Kier alpha value is -2.35. The second kappa shape index (κ2) is 8.12. The number of nitrogens with zero attached hydrogens (tertiary/aromatic N) is 7. The van der Waals surface area contributed by atoms with Crippen LogP contribution in [0.1, 0.15) is 49.3 Å². The summed E-state index contributed by atoms with van der Waals surface area (Å²) >= 11 is 0. The van der Waals surface area contributed by atoms with Crippen molar-refractivity contribution in [2.24, 2.45) is 5.92 Å². The monoisotopic (exact) mass is 371 g/mol. The molecule has 0 bridgehead atoms. The van der Waals surface area contributed by atoms with Gasteiger partial charge in [-0.3, -0.25) is 14.7 Å². The Kier molecular flexibility index (Phi) is 5.84. The van der Waals surface area contributed by atoms with Gasteiger partial charge in [0.25, 0.3) is 5.91 Å². The van der Waals surface area contributed by atoms with Crippen LogP contribution in [0.3, 0.4) is 0 Å². The summed E-state index contributed by atoms with van der Waals surface area (Å²) in [6.45, 7) is 6.47. The number of tetrazole rings is 1. The molecule has 1 saturated heterocycles. The number of carbonyl (C=O) groups is 1. The van der Waals surface area contributed by atoms with Gasteiger partial charge in [0.05, 0.1) is 5.56 Å². The Labute approximate surface area is 160 Å². The number of likely N-dealkylation sites (N-methyl/N-ethyl adjacent to an activating group) is 1. The van der Waals surface area contributed by atoms with Crippen molar-refractivity contribution >= 4 is 5.91 Å². The van der Waals surface area contributed by atoms with Gasteiger partial charge in [0.2, 0.25) is 0 Å². The van der Waals surface area contributed by atoms with Gasteiger partial charge in [0.15, 0.2) is 5.82 Å². The zero-order valence-electron chi connectivity index (χ0n) is 16.7. The van der Waals surface area contributed by atoms with Gasteiger partial charge >= 0.3 is 0 Å². The van der Waals surface area contributed by atoms with Gasteiger partial charge in [-0.25, -0.2) is 4.68 Å². The van der Waals surface area contributed by atoms with Crippen LogP contribution in [0.4, 0.5) is 0 Å². The zero-order chi connectivity index (χ0) is 19.4. The molecule has 1 aliphatic rings. The second-order valence-electron chi connectivity index (χ2n) is 7.91. The van der Waals surface area contributed by atoms with Crippen LogP contribution in [0, 0.1) is 5.92 Å². The van der Waals surface area contributed by atoms with Crippen LogP contribution < -0.4 is 0 Å². The van der Waals surface area contributed by atoms with Gasteiger partial charge in [-0.1, -0.05) is 13.8 Å². The largest absolute Gasteiger partial charge is 0.336 e. The topological polar surface area (TPSA) is 80.0 Å². The number of amides is 1. The molecular formula is C19H29N7O. The van der Waals surface area contributed by atoms with Gasteiger partial charge in [-0.15, -0.1) is 5.10 Å². The summed E-state index contributed by atoms with van der Waals surface area (Å²) in [5, 5.41) is 12.6. The molecule has 1 unspecified atom stereocenters. The first-order chi connectivity index (χ1) is 12.9. The molecule has 3 rings (SSSR count). The van der Waals surface area contributed by atoms with E-state index in [1.807, 2.05) is 29.7 Å². The molecule has 1 amide bonds. The lowest BCUT2D eigenvalue weighted by atomic mass is 9.86. The van der Waals surface area contributed by atoms with Gasteiger partial charge < -0.3 is 4.90 Å². The predicted octanol–water partition coefficient (Wildman–Crippen LogP) is 1.81. The second-order valence-corrected chi connectivity index (χ2v) is 7.91. The molecule has 2 aromatic rings. The molecule has 1 atom stereocenters. The summed E-state index contributed by atoms with van der Waals surface area (Å²) in [6.07, 6.45) is 6.14. The fraction of sp³-hybridized carbons (Fsp3) is 0.632. The lowest BCUT2D eigenvalue weighted by molar-refractivity contribution is 0.0256. The van der Waals surface area contributed by atoms with Crippen LogP contribution >= 0.6 is 0 Å². The molecule has 1 aliphatic heterocycles. The van der Waals surface area contributed by atoms with Gasteiger partial charge in [0, 0.05) is 32.0 Å². The number of hydrogen-bond donors (Lipinski definition) is 0. The minimum Gasteiger partial charge on any atom is -0.336 e. The van der Waals surface area contributed by atoms with Gasteiger partial charge in [0.1, 0.15) is 5.54 Å². The van der Waals surface area contributed by atoms with Gasteiger partial charge in [-0.05, 0) is 61.8 Å². The van der Waals surface area contributed by atoms with Crippen molar-refractivity contribution in [3.05, 3.63) is 35.9 Å². The highest BCUT2D eigenvalue weighted by molar-refractivity contribution is 5.94. The number of carbonyl (C=O) groups excluding carboxylic acids is 1. The maximum atomic E-state index is 13.0. The smallest absolute Gasteiger partial charge is 0.255 e. The Morgan fingerprint density at radius 1 is 1.37 bits per heavy atom. The normalized spacial score (nSPS) is 20.4.